The number of nitrogens with zero attached hydrogens (tertiary/aromatic N) is 3. The van der Waals surface area contributed by atoms with Crippen LogP contribution >= 0.6 is 23.2 Å². The number of ketones is 1. The van der Waals surface area contributed by atoms with Crippen LogP contribution in [0.1, 0.15) is 27.5 Å². The molecule has 2 amide bonds. The average molecular weight is 490 g/mol. The Morgan fingerprint density at radius 3 is 2.32 bits per heavy atom. The molecule has 0 radical (unpaired) electrons. The molecule has 3 aromatic rings. The highest BCUT2D eigenvalue weighted by molar-refractivity contribution is 6.38. The lowest BCUT2D eigenvalue weighted by Gasteiger charge is -2.33. The zero-order valence-electron chi connectivity index (χ0n) is 17.6. The molecular formula is C26H17Cl2N3O3. The number of hydrogen-bond acceptors (Lipinski definition) is 5. The van der Waals surface area contributed by atoms with E-state index < -0.39 is 35.7 Å². The second-order valence-corrected chi connectivity index (χ2v) is 9.38. The molecule has 168 valence electrons. The van der Waals surface area contributed by atoms with Crippen LogP contribution in [0.5, 0.6) is 0 Å². The summed E-state index contributed by atoms with van der Waals surface area (Å²) in [5.41, 5.74) is 2.45. The van der Waals surface area contributed by atoms with Gasteiger partial charge in [-0.3, -0.25) is 19.4 Å². The van der Waals surface area contributed by atoms with E-state index in [-0.39, 0.29) is 16.5 Å². The minimum absolute atomic E-state index is 0.194. The molecule has 2 saturated heterocycles. The van der Waals surface area contributed by atoms with Gasteiger partial charge in [0, 0.05) is 10.6 Å². The van der Waals surface area contributed by atoms with Crippen molar-refractivity contribution in [2.45, 2.75) is 12.1 Å². The van der Waals surface area contributed by atoms with E-state index in [0.717, 1.165) is 16.0 Å². The molecule has 0 bridgehead atoms. The lowest BCUT2D eigenvalue weighted by molar-refractivity contribution is -0.124. The van der Waals surface area contributed by atoms with Crippen LogP contribution in [-0.2, 0) is 9.59 Å². The number of halogens is 2. The van der Waals surface area contributed by atoms with Crippen molar-refractivity contribution in [2.24, 2.45) is 16.9 Å². The van der Waals surface area contributed by atoms with E-state index >= 15 is 0 Å². The van der Waals surface area contributed by atoms with Crippen LogP contribution in [0.3, 0.4) is 0 Å². The standard InChI is InChI=1S/C26H17Cl2N3O3/c27-16-10-11-19(18(28)12-16)30-25(33)20-21(26(30)34)23(24(32)14-6-2-1-3-7-14)31-22(20)17-9-5-4-8-15(17)13-29-31/h1-13,20-23H/t20-,21-,22+,23+/m0/s1. The lowest BCUT2D eigenvalue weighted by atomic mass is 9.83. The molecule has 0 aliphatic carbocycles. The fourth-order valence-corrected chi connectivity index (χ4v) is 5.83. The van der Waals surface area contributed by atoms with Crippen molar-refractivity contribution < 1.29 is 14.4 Å². The number of hydrogen-bond donors (Lipinski definition) is 0. The smallest absolute Gasteiger partial charge is 0.240 e. The maximum Gasteiger partial charge on any atom is 0.240 e. The third-order valence-corrected chi connectivity index (χ3v) is 7.31. The van der Waals surface area contributed by atoms with Gasteiger partial charge in [0.25, 0.3) is 0 Å². The maximum absolute atomic E-state index is 13.8. The van der Waals surface area contributed by atoms with E-state index in [1.165, 1.54) is 6.07 Å². The Morgan fingerprint density at radius 2 is 1.56 bits per heavy atom. The number of fused-ring (bicyclic) bond motifs is 5. The largest absolute Gasteiger partial charge is 0.292 e. The predicted molar refractivity (Wildman–Crippen MR) is 129 cm³/mol. The Labute approximate surface area is 205 Å². The maximum atomic E-state index is 13.8. The summed E-state index contributed by atoms with van der Waals surface area (Å²) in [7, 11) is 0. The quantitative estimate of drug-likeness (QED) is 0.393. The molecule has 3 heterocycles. The van der Waals surface area contributed by atoms with E-state index in [1.54, 1.807) is 47.6 Å². The normalized spacial score (nSPS) is 24.8. The number of rotatable bonds is 3. The van der Waals surface area contributed by atoms with Crippen molar-refractivity contribution in [2.75, 3.05) is 4.90 Å². The molecule has 3 aliphatic rings. The molecule has 0 aromatic heterocycles. The number of Topliss-reactive ketones (excluding diaryl/α,β-unsaturated/α-hetero) is 1. The third-order valence-electron chi connectivity index (χ3n) is 6.77. The van der Waals surface area contributed by atoms with Crippen LogP contribution in [-0.4, -0.2) is 34.9 Å². The molecule has 6 nitrogen and oxygen atoms in total. The fraction of sp³-hybridized carbons (Fsp3) is 0.154. The van der Waals surface area contributed by atoms with Gasteiger partial charge in [-0.25, -0.2) is 4.90 Å². The molecule has 3 aliphatic heterocycles. The van der Waals surface area contributed by atoms with Crippen molar-refractivity contribution in [3.63, 3.8) is 0 Å². The van der Waals surface area contributed by atoms with Gasteiger partial charge in [0.1, 0.15) is 6.04 Å². The van der Waals surface area contributed by atoms with E-state index in [4.69, 9.17) is 23.2 Å². The Kier molecular flexibility index (Phi) is 4.83. The Balaban J connectivity index is 1.51. The van der Waals surface area contributed by atoms with Crippen LogP contribution in [0.15, 0.2) is 77.9 Å². The zero-order chi connectivity index (χ0) is 23.6. The van der Waals surface area contributed by atoms with E-state index in [0.29, 0.717) is 10.6 Å². The van der Waals surface area contributed by atoms with Crippen LogP contribution in [0.4, 0.5) is 5.69 Å². The summed E-state index contributed by atoms with van der Waals surface area (Å²) in [5.74, 6) is -2.80. The van der Waals surface area contributed by atoms with E-state index in [1.807, 2.05) is 30.3 Å². The molecule has 34 heavy (non-hydrogen) atoms. The molecule has 8 heteroatoms. The molecule has 3 aromatic carbocycles. The van der Waals surface area contributed by atoms with Gasteiger partial charge < -0.3 is 0 Å². The van der Waals surface area contributed by atoms with E-state index in [2.05, 4.69) is 5.10 Å². The highest BCUT2D eigenvalue weighted by Crippen LogP contribution is 2.53. The van der Waals surface area contributed by atoms with Gasteiger partial charge in [-0.15, -0.1) is 0 Å². The Morgan fingerprint density at radius 1 is 0.853 bits per heavy atom. The van der Waals surface area contributed by atoms with Gasteiger partial charge in [-0.1, -0.05) is 77.8 Å². The average Bonchev–Trinajstić information content (AvgIpc) is 3.32. The van der Waals surface area contributed by atoms with E-state index in [9.17, 15) is 14.4 Å². The van der Waals surface area contributed by atoms with Gasteiger partial charge >= 0.3 is 0 Å². The number of carbonyl (C=O) groups excluding carboxylic acids is 3. The first-order valence-corrected chi connectivity index (χ1v) is 11.6. The molecule has 4 atom stereocenters. The van der Waals surface area contributed by atoms with Crippen LogP contribution in [0.25, 0.3) is 0 Å². The van der Waals surface area contributed by atoms with Crippen LogP contribution in [0, 0.1) is 11.8 Å². The summed E-state index contributed by atoms with van der Waals surface area (Å²) in [6, 6.07) is 19.5. The van der Waals surface area contributed by atoms with Gasteiger partial charge in [0.2, 0.25) is 11.8 Å². The summed E-state index contributed by atoms with van der Waals surface area (Å²) in [5, 5.41) is 6.79. The number of carbonyl (C=O) groups is 3. The molecule has 0 spiro atoms. The van der Waals surface area contributed by atoms with Crippen LogP contribution < -0.4 is 4.90 Å². The number of anilines is 1. The fourth-order valence-electron chi connectivity index (χ4n) is 5.34. The minimum atomic E-state index is -0.922. The molecule has 0 unspecified atom stereocenters. The summed E-state index contributed by atoms with van der Waals surface area (Å²) >= 11 is 12.4. The van der Waals surface area contributed by atoms with Crippen molar-refractivity contribution in [3.05, 3.63) is 99.5 Å². The first kappa shape index (κ1) is 21.1. The number of hydrazone groups is 1. The second-order valence-electron chi connectivity index (χ2n) is 8.53. The minimum Gasteiger partial charge on any atom is -0.292 e. The Hall–Kier alpha value is -3.48. The number of amides is 2. The van der Waals surface area contributed by atoms with Crippen molar-refractivity contribution in [1.29, 1.82) is 0 Å². The van der Waals surface area contributed by atoms with Gasteiger partial charge in [0.15, 0.2) is 5.78 Å². The number of imide groups is 1. The molecule has 0 saturated carbocycles. The van der Waals surface area contributed by atoms with Gasteiger partial charge in [-0.2, -0.15) is 5.10 Å². The topological polar surface area (TPSA) is 70.0 Å². The van der Waals surface area contributed by atoms with Crippen molar-refractivity contribution in [1.82, 2.24) is 5.01 Å². The predicted octanol–water partition coefficient (Wildman–Crippen LogP) is 4.75. The monoisotopic (exact) mass is 489 g/mol. The Bertz CT molecular complexity index is 1390. The zero-order valence-corrected chi connectivity index (χ0v) is 19.1. The molecular weight excluding hydrogens is 473 g/mol. The number of benzene rings is 3. The van der Waals surface area contributed by atoms with Crippen molar-refractivity contribution in [3.8, 4) is 0 Å². The molecule has 0 N–H and O–H groups in total. The lowest BCUT2D eigenvalue weighted by Crippen LogP contribution is -2.44. The SMILES string of the molecule is O=C(c1ccccc1)[C@H]1[C@H]2C(=O)N(c3ccc(Cl)cc3Cl)C(=O)[C@@H]2[C@H]2c3ccccc3C=NN21. The van der Waals surface area contributed by atoms with Gasteiger partial charge in [0.05, 0.1) is 34.8 Å². The highest BCUT2D eigenvalue weighted by Gasteiger charge is 2.65. The summed E-state index contributed by atoms with van der Waals surface area (Å²) in [6.45, 7) is 0. The highest BCUT2D eigenvalue weighted by atomic mass is 35.5. The third kappa shape index (κ3) is 2.95. The first-order chi connectivity index (χ1) is 16.5. The molecule has 2 fully saturated rings. The van der Waals surface area contributed by atoms with Crippen LogP contribution in [0.2, 0.25) is 10.0 Å². The summed E-state index contributed by atoms with van der Waals surface area (Å²) in [6.07, 6.45) is 1.68. The summed E-state index contributed by atoms with van der Waals surface area (Å²) in [4.78, 5) is 42.5. The first-order valence-electron chi connectivity index (χ1n) is 10.8. The summed E-state index contributed by atoms with van der Waals surface area (Å²) < 4.78 is 0. The second kappa shape index (κ2) is 7.79. The van der Waals surface area contributed by atoms with Gasteiger partial charge in [-0.05, 0) is 29.3 Å². The molecule has 6 rings (SSSR count). The van der Waals surface area contributed by atoms with Crippen molar-refractivity contribution >= 4 is 52.7 Å².